The van der Waals surface area contributed by atoms with Crippen LogP contribution >= 0.6 is 11.6 Å². The fourth-order valence-electron chi connectivity index (χ4n) is 1.82. The Hall–Kier alpha value is -1.94. The van der Waals surface area contributed by atoms with Crippen molar-refractivity contribution in [3.63, 3.8) is 0 Å². The van der Waals surface area contributed by atoms with E-state index in [1.807, 2.05) is 0 Å². The summed E-state index contributed by atoms with van der Waals surface area (Å²) in [5, 5.41) is 0.0454. The number of Topliss-reactive ketones (excluding diaryl/α,β-unsaturated/α-hetero) is 1. The van der Waals surface area contributed by atoms with Gasteiger partial charge in [0.05, 0.1) is 12.1 Å². The maximum atomic E-state index is 13.5. The van der Waals surface area contributed by atoms with Crippen LogP contribution in [0.4, 0.5) is 8.78 Å². The lowest BCUT2D eigenvalue weighted by Crippen LogP contribution is -2.05. The molecule has 0 heterocycles. The molecule has 0 N–H and O–H groups in total. The molecule has 0 saturated heterocycles. The number of halogens is 3. The van der Waals surface area contributed by atoms with Crippen molar-refractivity contribution in [3.8, 4) is 5.75 Å². The number of hydrogen-bond donors (Lipinski definition) is 0. The van der Waals surface area contributed by atoms with E-state index in [2.05, 4.69) is 0 Å². The largest absolute Gasteiger partial charge is 0.494 e. The number of rotatable bonds is 4. The minimum Gasteiger partial charge on any atom is -0.494 e. The molecule has 2 rings (SSSR count). The van der Waals surface area contributed by atoms with Gasteiger partial charge in [-0.05, 0) is 35.9 Å². The van der Waals surface area contributed by atoms with Crippen LogP contribution in [0, 0.1) is 11.6 Å². The van der Waals surface area contributed by atoms with Crippen LogP contribution in [0.3, 0.4) is 0 Å². The van der Waals surface area contributed by atoms with Crippen LogP contribution in [0.1, 0.15) is 15.9 Å². The Labute approximate surface area is 119 Å². The molecule has 0 saturated carbocycles. The highest BCUT2D eigenvalue weighted by Crippen LogP contribution is 2.22. The molecule has 104 valence electrons. The topological polar surface area (TPSA) is 26.3 Å². The first kappa shape index (κ1) is 14.5. The van der Waals surface area contributed by atoms with Gasteiger partial charge in [0.2, 0.25) is 0 Å². The Morgan fingerprint density at radius 3 is 2.55 bits per heavy atom. The van der Waals surface area contributed by atoms with Gasteiger partial charge >= 0.3 is 0 Å². The van der Waals surface area contributed by atoms with Gasteiger partial charge in [-0.25, -0.2) is 8.78 Å². The average Bonchev–Trinajstić information content (AvgIpc) is 2.38. The van der Waals surface area contributed by atoms with Gasteiger partial charge in [0.15, 0.2) is 17.3 Å². The summed E-state index contributed by atoms with van der Waals surface area (Å²) in [5.74, 6) is -1.24. The molecule has 2 aromatic rings. The van der Waals surface area contributed by atoms with Crippen LogP contribution in [0.2, 0.25) is 5.02 Å². The first-order valence-electron chi connectivity index (χ1n) is 5.82. The number of benzene rings is 2. The summed E-state index contributed by atoms with van der Waals surface area (Å²) in [5.41, 5.74) is 0.706. The average molecular weight is 297 g/mol. The Morgan fingerprint density at radius 1 is 1.20 bits per heavy atom. The number of hydrogen-bond acceptors (Lipinski definition) is 2. The maximum Gasteiger partial charge on any atom is 0.168 e. The third-order valence-electron chi connectivity index (χ3n) is 2.81. The summed E-state index contributed by atoms with van der Waals surface area (Å²) in [6, 6.07) is 7.83. The van der Waals surface area contributed by atoms with Crippen LogP contribution in [-0.2, 0) is 6.42 Å². The summed E-state index contributed by atoms with van der Waals surface area (Å²) >= 11 is 5.81. The molecule has 0 aliphatic carbocycles. The lowest BCUT2D eigenvalue weighted by molar-refractivity contribution is 0.0993. The zero-order valence-corrected chi connectivity index (χ0v) is 11.4. The number of carbonyl (C=O) groups excluding carboxylic acids is 1. The summed E-state index contributed by atoms with van der Waals surface area (Å²) in [7, 11) is 1.36. The second kappa shape index (κ2) is 6.01. The quantitative estimate of drug-likeness (QED) is 0.796. The molecule has 5 heteroatoms. The van der Waals surface area contributed by atoms with Crippen LogP contribution in [0.5, 0.6) is 5.75 Å². The van der Waals surface area contributed by atoms with E-state index >= 15 is 0 Å². The molecule has 2 aromatic carbocycles. The zero-order valence-electron chi connectivity index (χ0n) is 10.6. The van der Waals surface area contributed by atoms with Gasteiger partial charge in [0, 0.05) is 12.0 Å². The third kappa shape index (κ3) is 3.14. The zero-order chi connectivity index (χ0) is 14.7. The van der Waals surface area contributed by atoms with E-state index in [0.29, 0.717) is 5.56 Å². The molecule has 0 bridgehead atoms. The Bertz CT molecular complexity index is 656. The standard InChI is InChI=1S/C15H11ClF2O2/c1-20-15-5-2-9(6-13(15)18)7-14(19)11-4-3-10(17)8-12(11)16/h2-6,8H,7H2,1H3. The van der Waals surface area contributed by atoms with Crippen molar-refractivity contribution in [2.24, 2.45) is 0 Å². The molecule has 0 aliphatic rings. The van der Waals surface area contributed by atoms with E-state index in [9.17, 15) is 13.6 Å². The van der Waals surface area contributed by atoms with Crippen LogP contribution in [0.25, 0.3) is 0 Å². The molecule has 0 fully saturated rings. The Kier molecular flexibility index (Phi) is 4.35. The fraction of sp³-hybridized carbons (Fsp3) is 0.133. The monoisotopic (exact) mass is 296 g/mol. The van der Waals surface area contributed by atoms with Gasteiger partial charge < -0.3 is 4.74 Å². The molecular formula is C15H11ClF2O2. The number of ketones is 1. The van der Waals surface area contributed by atoms with E-state index in [0.717, 1.165) is 12.1 Å². The Morgan fingerprint density at radius 2 is 1.95 bits per heavy atom. The van der Waals surface area contributed by atoms with Crippen molar-refractivity contribution in [3.05, 3.63) is 64.2 Å². The summed E-state index contributed by atoms with van der Waals surface area (Å²) in [4.78, 5) is 12.1. The molecule has 0 amide bonds. The van der Waals surface area contributed by atoms with Crippen molar-refractivity contribution in [1.29, 1.82) is 0 Å². The minimum absolute atomic E-state index is 0.0216. The van der Waals surface area contributed by atoms with Gasteiger partial charge in [-0.3, -0.25) is 4.79 Å². The molecule has 0 aromatic heterocycles. The van der Waals surface area contributed by atoms with Crippen molar-refractivity contribution < 1.29 is 18.3 Å². The number of carbonyl (C=O) groups is 1. The molecule has 2 nitrogen and oxygen atoms in total. The van der Waals surface area contributed by atoms with Crippen LogP contribution in [0.15, 0.2) is 36.4 Å². The maximum absolute atomic E-state index is 13.5. The molecular weight excluding hydrogens is 286 g/mol. The van der Waals surface area contributed by atoms with Gasteiger partial charge in [0.1, 0.15) is 5.82 Å². The van der Waals surface area contributed by atoms with E-state index in [1.165, 1.54) is 25.3 Å². The Balaban J connectivity index is 2.21. The van der Waals surface area contributed by atoms with E-state index in [1.54, 1.807) is 6.07 Å². The fourth-order valence-corrected chi connectivity index (χ4v) is 2.09. The molecule has 0 radical (unpaired) electrons. The van der Waals surface area contributed by atoms with Gasteiger partial charge in [0.25, 0.3) is 0 Å². The first-order chi connectivity index (χ1) is 9.51. The van der Waals surface area contributed by atoms with Gasteiger partial charge in [-0.15, -0.1) is 0 Å². The van der Waals surface area contributed by atoms with Gasteiger partial charge in [-0.2, -0.15) is 0 Å². The van der Waals surface area contributed by atoms with Crippen molar-refractivity contribution in [1.82, 2.24) is 0 Å². The predicted molar refractivity (Wildman–Crippen MR) is 72.4 cm³/mol. The minimum atomic E-state index is -0.539. The normalized spacial score (nSPS) is 10.4. The molecule has 0 spiro atoms. The van der Waals surface area contributed by atoms with Crippen LogP contribution < -0.4 is 4.74 Å². The number of ether oxygens (including phenoxy) is 1. The lowest BCUT2D eigenvalue weighted by Gasteiger charge is -2.06. The summed E-state index contributed by atoms with van der Waals surface area (Å²) in [6.45, 7) is 0. The van der Waals surface area contributed by atoms with Gasteiger partial charge in [-0.1, -0.05) is 17.7 Å². The molecule has 0 aliphatic heterocycles. The highest BCUT2D eigenvalue weighted by molar-refractivity contribution is 6.34. The van der Waals surface area contributed by atoms with Crippen molar-refractivity contribution in [2.45, 2.75) is 6.42 Å². The van der Waals surface area contributed by atoms with Crippen molar-refractivity contribution >= 4 is 17.4 Å². The van der Waals surface area contributed by atoms with Crippen molar-refractivity contribution in [2.75, 3.05) is 7.11 Å². The van der Waals surface area contributed by atoms with E-state index in [4.69, 9.17) is 16.3 Å². The van der Waals surface area contributed by atoms with E-state index in [-0.39, 0.29) is 28.5 Å². The number of methoxy groups -OCH3 is 1. The lowest BCUT2D eigenvalue weighted by atomic mass is 10.0. The SMILES string of the molecule is COc1ccc(CC(=O)c2ccc(F)cc2Cl)cc1F. The van der Waals surface area contributed by atoms with Crippen LogP contribution in [-0.4, -0.2) is 12.9 Å². The molecule has 20 heavy (non-hydrogen) atoms. The third-order valence-corrected chi connectivity index (χ3v) is 3.13. The van der Waals surface area contributed by atoms with E-state index < -0.39 is 11.6 Å². The first-order valence-corrected chi connectivity index (χ1v) is 6.19. The summed E-state index contributed by atoms with van der Waals surface area (Å²) in [6.07, 6.45) is -0.0216. The molecule has 0 atom stereocenters. The smallest absolute Gasteiger partial charge is 0.168 e. The second-order valence-electron chi connectivity index (χ2n) is 4.19. The second-order valence-corrected chi connectivity index (χ2v) is 4.60. The predicted octanol–water partition coefficient (Wildman–Crippen LogP) is 4.05. The summed E-state index contributed by atoms with van der Waals surface area (Å²) < 4.78 is 31.2. The molecule has 0 unspecified atom stereocenters. The highest BCUT2D eigenvalue weighted by atomic mass is 35.5. The highest BCUT2D eigenvalue weighted by Gasteiger charge is 2.13.